The van der Waals surface area contributed by atoms with Crippen LogP contribution in [-0.4, -0.2) is 58.1 Å². The highest BCUT2D eigenvalue weighted by molar-refractivity contribution is 7.90. The van der Waals surface area contributed by atoms with E-state index in [0.29, 0.717) is 55.1 Å². The van der Waals surface area contributed by atoms with Crippen molar-refractivity contribution in [3.05, 3.63) is 70.3 Å². The van der Waals surface area contributed by atoms with E-state index in [1.165, 1.54) is 5.56 Å². The second kappa shape index (κ2) is 13.0. The minimum absolute atomic E-state index is 0.211. The van der Waals surface area contributed by atoms with E-state index < -0.39 is 26.8 Å². The number of rotatable bonds is 0. The Hall–Kier alpha value is -2.59. The fourth-order valence-electron chi connectivity index (χ4n) is 7.05. The second-order valence-electron chi connectivity index (χ2n) is 12.9. The van der Waals surface area contributed by atoms with Crippen molar-refractivity contribution in [2.24, 2.45) is 17.8 Å². The van der Waals surface area contributed by atoms with Crippen molar-refractivity contribution in [1.82, 2.24) is 4.72 Å². The maximum atomic E-state index is 13.4. The zero-order valence-corrected chi connectivity index (χ0v) is 27.2. The normalized spacial score (nSPS) is 31.7. The Kier molecular flexibility index (Phi) is 9.30. The molecule has 2 bridgehead atoms. The summed E-state index contributed by atoms with van der Waals surface area (Å²) in [6, 6.07) is 11.2. The van der Waals surface area contributed by atoms with Crippen molar-refractivity contribution in [2.75, 3.05) is 37.8 Å². The van der Waals surface area contributed by atoms with Gasteiger partial charge in [0.25, 0.3) is 5.91 Å². The van der Waals surface area contributed by atoms with Crippen molar-refractivity contribution >= 4 is 33.2 Å². The third kappa shape index (κ3) is 6.52. The monoisotopic (exact) mass is 642 g/mol. The molecule has 2 aromatic rings. The standard InChI is InChI=1S/C34H43ClN2O6S/c1-23-6-5-14-34(22-41-16-17-43-34)30-12-9-27(30)20-37-15-4-3-7-25-18-29(35)11-8-28(25)21-42-32-13-10-26(19-31(32)37)33(38)36-44(39,40)24(23)2/h5,8,10-11,13-14,18-19,23-24,27,30H,3-4,6-7,9,12,15-17,20-22H2,1-2H3,(H,36,38)/b14-5+/t23-,24+,27-,30+,34-/m0/s1. The minimum atomic E-state index is -3.92. The summed E-state index contributed by atoms with van der Waals surface area (Å²) in [5.74, 6) is 0.452. The summed E-state index contributed by atoms with van der Waals surface area (Å²) in [7, 11) is -3.92. The molecule has 0 radical (unpaired) electrons. The van der Waals surface area contributed by atoms with Gasteiger partial charge in [-0.1, -0.05) is 36.7 Å². The molecule has 0 unspecified atom stereocenters. The number of nitrogens with one attached hydrogen (secondary N) is 1. The van der Waals surface area contributed by atoms with Gasteiger partial charge in [-0.25, -0.2) is 13.1 Å². The first kappa shape index (κ1) is 31.4. The first-order valence-corrected chi connectivity index (χ1v) is 17.8. The maximum Gasteiger partial charge on any atom is 0.264 e. The predicted octanol–water partition coefficient (Wildman–Crippen LogP) is 5.92. The van der Waals surface area contributed by atoms with Crippen LogP contribution in [0.3, 0.4) is 0 Å². The van der Waals surface area contributed by atoms with Crippen molar-refractivity contribution in [3.8, 4) is 5.75 Å². The third-order valence-electron chi connectivity index (χ3n) is 10.1. The van der Waals surface area contributed by atoms with Gasteiger partial charge >= 0.3 is 0 Å². The van der Waals surface area contributed by atoms with Gasteiger partial charge in [-0.05, 0) is 105 Å². The van der Waals surface area contributed by atoms with E-state index in [9.17, 15) is 13.2 Å². The van der Waals surface area contributed by atoms with E-state index in [-0.39, 0.29) is 11.8 Å². The van der Waals surface area contributed by atoms with Crippen molar-refractivity contribution < 1.29 is 27.4 Å². The highest BCUT2D eigenvalue weighted by Crippen LogP contribution is 2.47. The molecule has 1 saturated heterocycles. The van der Waals surface area contributed by atoms with Gasteiger partial charge in [0.05, 0.1) is 30.8 Å². The number of anilines is 1. The first-order valence-electron chi connectivity index (χ1n) is 15.9. The smallest absolute Gasteiger partial charge is 0.264 e. The van der Waals surface area contributed by atoms with Gasteiger partial charge in [0.1, 0.15) is 18.0 Å². The molecule has 6 rings (SSSR count). The molecule has 1 aliphatic carbocycles. The highest BCUT2D eigenvalue weighted by atomic mass is 35.5. The number of nitrogens with zero attached hydrogens (tertiary/aromatic N) is 1. The van der Waals surface area contributed by atoms with Gasteiger partial charge in [0.15, 0.2) is 0 Å². The number of fused-ring (bicyclic) bond motifs is 4. The summed E-state index contributed by atoms with van der Waals surface area (Å²) in [5.41, 5.74) is 2.83. The second-order valence-corrected chi connectivity index (χ2v) is 15.4. The number of carbonyl (C=O) groups is 1. The summed E-state index contributed by atoms with van der Waals surface area (Å²) in [6.45, 7) is 7.08. The Labute approximate surface area is 266 Å². The summed E-state index contributed by atoms with van der Waals surface area (Å²) in [4.78, 5) is 15.7. The van der Waals surface area contributed by atoms with Gasteiger partial charge in [-0.15, -0.1) is 0 Å². The molecule has 4 aliphatic rings. The van der Waals surface area contributed by atoms with Crippen LogP contribution in [0.4, 0.5) is 5.69 Å². The number of ether oxygens (including phenoxy) is 3. The van der Waals surface area contributed by atoms with Crippen molar-refractivity contribution in [3.63, 3.8) is 0 Å². The predicted molar refractivity (Wildman–Crippen MR) is 172 cm³/mol. The Morgan fingerprint density at radius 1 is 1.05 bits per heavy atom. The van der Waals surface area contributed by atoms with Crippen LogP contribution in [-0.2, 0) is 32.5 Å². The molecular formula is C34H43ClN2O6S. The van der Waals surface area contributed by atoms with E-state index in [1.807, 2.05) is 25.1 Å². The van der Waals surface area contributed by atoms with Crippen molar-refractivity contribution in [2.45, 2.75) is 69.8 Å². The molecule has 0 aromatic heterocycles. The number of hydrogen-bond donors (Lipinski definition) is 1. The molecule has 2 fully saturated rings. The average Bonchev–Trinajstić information content (AvgIpc) is 3.01. The SMILES string of the molecule is C[C@@H]1[C@@H](C)C/C=C/[C@]2(COCCO2)[C@@H]2CC[C@H]2CN2CCCCc3cc(Cl)ccc3COc3ccc(cc32)C(=O)NS1(=O)=O. The average molecular weight is 643 g/mol. The van der Waals surface area contributed by atoms with E-state index in [1.54, 1.807) is 25.1 Å². The van der Waals surface area contributed by atoms with Gasteiger partial charge in [0, 0.05) is 23.7 Å². The summed E-state index contributed by atoms with van der Waals surface area (Å²) >= 11 is 6.34. The van der Waals surface area contributed by atoms with Crippen LogP contribution in [0.1, 0.15) is 67.4 Å². The number of amides is 1. The molecule has 1 saturated carbocycles. The Balaban J connectivity index is 1.41. The number of sulfonamides is 1. The van der Waals surface area contributed by atoms with Crippen LogP contribution in [0.15, 0.2) is 48.6 Å². The molecule has 5 atom stereocenters. The molecule has 10 heteroatoms. The lowest BCUT2D eigenvalue weighted by molar-refractivity contribution is -0.182. The topological polar surface area (TPSA) is 94.2 Å². The van der Waals surface area contributed by atoms with Crippen LogP contribution in [0.25, 0.3) is 0 Å². The van der Waals surface area contributed by atoms with Crippen LogP contribution in [0, 0.1) is 17.8 Å². The van der Waals surface area contributed by atoms with Crippen LogP contribution < -0.4 is 14.4 Å². The van der Waals surface area contributed by atoms with Gasteiger partial charge in [0.2, 0.25) is 10.0 Å². The number of aryl methyl sites for hydroxylation is 1. The fraction of sp³-hybridized carbons (Fsp3) is 0.559. The summed E-state index contributed by atoms with van der Waals surface area (Å²) < 4.78 is 48.0. The molecule has 8 nitrogen and oxygen atoms in total. The zero-order valence-electron chi connectivity index (χ0n) is 25.6. The molecule has 238 valence electrons. The van der Waals surface area contributed by atoms with E-state index in [4.69, 9.17) is 25.8 Å². The molecule has 1 amide bonds. The molecule has 1 N–H and O–H groups in total. The molecular weight excluding hydrogens is 600 g/mol. The molecule has 3 heterocycles. The van der Waals surface area contributed by atoms with Gasteiger partial charge in [-0.2, -0.15) is 0 Å². The lowest BCUT2D eigenvalue weighted by atomic mass is 9.64. The third-order valence-corrected chi connectivity index (χ3v) is 12.2. The van der Waals surface area contributed by atoms with Crippen LogP contribution in [0.5, 0.6) is 5.75 Å². The number of hydrogen-bond acceptors (Lipinski definition) is 7. The summed E-state index contributed by atoms with van der Waals surface area (Å²) in [6.07, 6.45) is 9.67. The quantitative estimate of drug-likeness (QED) is 0.357. The van der Waals surface area contributed by atoms with Gasteiger partial charge < -0.3 is 19.1 Å². The zero-order chi connectivity index (χ0) is 30.9. The fourth-order valence-corrected chi connectivity index (χ4v) is 8.53. The van der Waals surface area contributed by atoms with Crippen LogP contribution >= 0.6 is 11.6 Å². The molecule has 2 aromatic carbocycles. The Morgan fingerprint density at radius 2 is 1.91 bits per heavy atom. The van der Waals surface area contributed by atoms with Gasteiger partial charge in [-0.3, -0.25) is 4.79 Å². The van der Waals surface area contributed by atoms with Crippen molar-refractivity contribution in [1.29, 1.82) is 0 Å². The van der Waals surface area contributed by atoms with E-state index in [2.05, 4.69) is 21.8 Å². The highest BCUT2D eigenvalue weighted by Gasteiger charge is 2.49. The lowest BCUT2D eigenvalue weighted by Gasteiger charge is -2.51. The van der Waals surface area contributed by atoms with E-state index >= 15 is 0 Å². The first-order chi connectivity index (χ1) is 21.1. The molecule has 3 aliphatic heterocycles. The maximum absolute atomic E-state index is 13.4. The Bertz CT molecular complexity index is 1510. The van der Waals surface area contributed by atoms with Crippen LogP contribution in [0.2, 0.25) is 5.02 Å². The number of benzene rings is 2. The largest absolute Gasteiger partial charge is 0.487 e. The number of carbonyl (C=O) groups excluding carboxylic acids is 1. The summed E-state index contributed by atoms with van der Waals surface area (Å²) in [5, 5.41) is -0.0551. The van der Waals surface area contributed by atoms with E-state index in [0.717, 1.165) is 56.4 Å². The minimum Gasteiger partial charge on any atom is -0.487 e. The Morgan fingerprint density at radius 3 is 2.68 bits per heavy atom. The molecule has 44 heavy (non-hydrogen) atoms. The number of halogens is 1. The number of allylic oxidation sites excluding steroid dienone is 1. The lowest BCUT2D eigenvalue weighted by Crippen LogP contribution is -2.56. The molecule has 1 spiro atoms.